The molecule has 16 heavy (non-hydrogen) atoms. The van der Waals surface area contributed by atoms with Gasteiger partial charge in [0.05, 0.1) is 0 Å². The summed E-state index contributed by atoms with van der Waals surface area (Å²) in [5, 5.41) is 0.198. The Morgan fingerprint density at radius 1 is 1.38 bits per heavy atom. The minimum Gasteiger partial charge on any atom is -0.406 e. The van der Waals surface area contributed by atoms with Gasteiger partial charge in [0.1, 0.15) is 11.6 Å². The third-order valence-corrected chi connectivity index (χ3v) is 1.77. The monoisotopic (exact) mass is 254 g/mol. The van der Waals surface area contributed by atoms with Crippen molar-refractivity contribution in [2.45, 2.75) is 12.8 Å². The number of alkyl halides is 3. The third-order valence-electron chi connectivity index (χ3n) is 1.64. The van der Waals surface area contributed by atoms with Crippen LogP contribution in [-0.2, 0) is 6.42 Å². The van der Waals surface area contributed by atoms with Crippen LogP contribution in [-0.4, -0.2) is 6.36 Å². The van der Waals surface area contributed by atoms with Crippen molar-refractivity contribution in [3.05, 3.63) is 41.2 Å². The summed E-state index contributed by atoms with van der Waals surface area (Å²) in [4.78, 5) is 0. The summed E-state index contributed by atoms with van der Waals surface area (Å²) >= 11 is 5.46. The van der Waals surface area contributed by atoms with E-state index in [1.54, 1.807) is 0 Å². The molecule has 0 radical (unpaired) electrons. The fourth-order valence-electron chi connectivity index (χ4n) is 1.08. The molecule has 1 rings (SSSR count). The minimum absolute atomic E-state index is 0.0552. The van der Waals surface area contributed by atoms with Crippen LogP contribution in [0.15, 0.2) is 29.8 Å². The first-order valence-electron chi connectivity index (χ1n) is 4.15. The van der Waals surface area contributed by atoms with E-state index in [2.05, 4.69) is 11.3 Å². The van der Waals surface area contributed by atoms with Crippen LogP contribution >= 0.6 is 11.6 Å². The van der Waals surface area contributed by atoms with Gasteiger partial charge in [0, 0.05) is 17.5 Å². The number of rotatable bonds is 3. The van der Waals surface area contributed by atoms with Gasteiger partial charge in [-0.15, -0.1) is 13.2 Å². The van der Waals surface area contributed by atoms with Crippen LogP contribution < -0.4 is 4.74 Å². The van der Waals surface area contributed by atoms with Crippen LogP contribution in [0.2, 0.25) is 0 Å². The molecule has 0 bridgehead atoms. The summed E-state index contributed by atoms with van der Waals surface area (Å²) in [6.07, 6.45) is -4.77. The van der Waals surface area contributed by atoms with Crippen molar-refractivity contribution in [3.63, 3.8) is 0 Å². The summed E-state index contributed by atoms with van der Waals surface area (Å²) < 4.78 is 52.2. The first kappa shape index (κ1) is 12.8. The molecule has 0 N–H and O–H groups in total. The van der Waals surface area contributed by atoms with Crippen LogP contribution in [0.5, 0.6) is 5.75 Å². The molecule has 0 aliphatic rings. The molecule has 0 saturated carbocycles. The maximum atomic E-state index is 13.2. The first-order chi connectivity index (χ1) is 7.28. The second-order valence-corrected chi connectivity index (χ2v) is 3.53. The van der Waals surface area contributed by atoms with Crippen LogP contribution in [0.25, 0.3) is 0 Å². The molecular formula is C10H7ClF4O. The maximum absolute atomic E-state index is 13.2. The van der Waals surface area contributed by atoms with Crippen LogP contribution in [0.4, 0.5) is 17.6 Å². The predicted molar refractivity (Wildman–Crippen MR) is 51.8 cm³/mol. The van der Waals surface area contributed by atoms with E-state index < -0.39 is 17.9 Å². The number of halogens is 5. The summed E-state index contributed by atoms with van der Waals surface area (Å²) in [7, 11) is 0. The van der Waals surface area contributed by atoms with Crippen molar-refractivity contribution < 1.29 is 22.3 Å². The highest BCUT2D eigenvalue weighted by molar-refractivity contribution is 6.29. The lowest BCUT2D eigenvalue weighted by Gasteiger charge is -2.09. The van der Waals surface area contributed by atoms with E-state index in [0.717, 1.165) is 6.07 Å². The minimum atomic E-state index is -4.83. The molecule has 0 fully saturated rings. The Morgan fingerprint density at radius 2 is 2.00 bits per heavy atom. The molecule has 0 aliphatic carbocycles. The predicted octanol–water partition coefficient (Wildman–Crippen LogP) is 4.02. The van der Waals surface area contributed by atoms with E-state index in [4.69, 9.17) is 11.6 Å². The van der Waals surface area contributed by atoms with Gasteiger partial charge < -0.3 is 4.74 Å². The van der Waals surface area contributed by atoms with Crippen LogP contribution in [0.1, 0.15) is 5.56 Å². The SMILES string of the molecule is C=C(Cl)Cc1ccc(OC(F)(F)F)cc1F. The average molecular weight is 255 g/mol. The largest absolute Gasteiger partial charge is 0.573 e. The molecular weight excluding hydrogens is 248 g/mol. The van der Waals surface area contributed by atoms with Crippen molar-refractivity contribution in [3.8, 4) is 5.75 Å². The molecule has 0 saturated heterocycles. The Kier molecular flexibility index (Phi) is 3.80. The third kappa shape index (κ3) is 4.10. The Balaban J connectivity index is 2.87. The zero-order chi connectivity index (χ0) is 12.3. The molecule has 0 heterocycles. The van der Waals surface area contributed by atoms with Crippen molar-refractivity contribution in [1.82, 2.24) is 0 Å². The van der Waals surface area contributed by atoms with E-state index in [9.17, 15) is 17.6 Å². The highest BCUT2D eigenvalue weighted by Gasteiger charge is 2.31. The molecule has 0 atom stereocenters. The van der Waals surface area contributed by atoms with Crippen LogP contribution in [0, 0.1) is 5.82 Å². The number of benzene rings is 1. The average Bonchev–Trinajstić information content (AvgIpc) is 2.06. The van der Waals surface area contributed by atoms with E-state index >= 15 is 0 Å². The van der Waals surface area contributed by atoms with E-state index in [0.29, 0.717) is 6.07 Å². The summed E-state index contributed by atoms with van der Waals surface area (Å²) in [5.41, 5.74) is 0.162. The number of hydrogen-bond donors (Lipinski definition) is 0. The molecule has 1 aromatic rings. The van der Waals surface area contributed by atoms with Crippen molar-refractivity contribution in [1.29, 1.82) is 0 Å². The highest BCUT2D eigenvalue weighted by atomic mass is 35.5. The molecule has 1 aromatic carbocycles. The first-order valence-corrected chi connectivity index (χ1v) is 4.53. The standard InChI is InChI=1S/C10H7ClF4O/c1-6(11)4-7-2-3-8(5-9(7)12)16-10(13,14)15/h2-3,5H,1,4H2. The lowest BCUT2D eigenvalue weighted by molar-refractivity contribution is -0.274. The molecule has 1 nitrogen and oxygen atoms in total. The molecule has 0 unspecified atom stereocenters. The lowest BCUT2D eigenvalue weighted by Crippen LogP contribution is -2.17. The fraction of sp³-hybridized carbons (Fsp3) is 0.200. The zero-order valence-corrected chi connectivity index (χ0v) is 8.70. The van der Waals surface area contributed by atoms with Gasteiger partial charge in [0.25, 0.3) is 0 Å². The van der Waals surface area contributed by atoms with Gasteiger partial charge in [0.15, 0.2) is 0 Å². The van der Waals surface area contributed by atoms with Crippen molar-refractivity contribution >= 4 is 11.6 Å². The number of ether oxygens (including phenoxy) is 1. The topological polar surface area (TPSA) is 9.23 Å². The molecule has 0 spiro atoms. The van der Waals surface area contributed by atoms with Crippen LogP contribution in [0.3, 0.4) is 0 Å². The maximum Gasteiger partial charge on any atom is 0.573 e. The Labute approximate surface area is 94.3 Å². The van der Waals surface area contributed by atoms with E-state index in [1.165, 1.54) is 6.07 Å². The van der Waals surface area contributed by atoms with Gasteiger partial charge in [-0.05, 0) is 11.6 Å². The summed E-state index contributed by atoms with van der Waals surface area (Å²) in [6, 6.07) is 2.85. The Hall–Kier alpha value is -1.23. The van der Waals surface area contributed by atoms with Gasteiger partial charge in [0.2, 0.25) is 0 Å². The molecule has 6 heteroatoms. The summed E-state index contributed by atoms with van der Waals surface area (Å²) in [6.45, 7) is 3.36. The second-order valence-electron chi connectivity index (χ2n) is 3.00. The number of hydrogen-bond acceptors (Lipinski definition) is 1. The van der Waals surface area contributed by atoms with E-state index in [-0.39, 0.29) is 17.0 Å². The highest BCUT2D eigenvalue weighted by Crippen LogP contribution is 2.25. The quantitative estimate of drug-likeness (QED) is 0.741. The molecule has 88 valence electrons. The van der Waals surface area contributed by atoms with Crippen molar-refractivity contribution in [2.75, 3.05) is 0 Å². The Bertz CT molecular complexity index is 400. The smallest absolute Gasteiger partial charge is 0.406 e. The van der Waals surface area contributed by atoms with Gasteiger partial charge in [-0.2, -0.15) is 0 Å². The normalized spacial score (nSPS) is 11.3. The summed E-state index contributed by atoms with van der Waals surface area (Å²) in [5.74, 6) is -1.42. The van der Waals surface area contributed by atoms with Gasteiger partial charge >= 0.3 is 6.36 Å². The molecule has 0 aliphatic heterocycles. The van der Waals surface area contributed by atoms with Gasteiger partial charge in [-0.3, -0.25) is 0 Å². The number of allylic oxidation sites excluding steroid dienone is 1. The molecule has 0 amide bonds. The van der Waals surface area contributed by atoms with Crippen molar-refractivity contribution in [2.24, 2.45) is 0 Å². The van der Waals surface area contributed by atoms with Gasteiger partial charge in [-0.25, -0.2) is 4.39 Å². The van der Waals surface area contributed by atoms with E-state index in [1.807, 2.05) is 0 Å². The van der Waals surface area contributed by atoms with Gasteiger partial charge in [-0.1, -0.05) is 24.2 Å². The Morgan fingerprint density at radius 3 is 2.44 bits per heavy atom. The lowest BCUT2D eigenvalue weighted by atomic mass is 10.1. The molecule has 0 aromatic heterocycles. The second kappa shape index (κ2) is 4.74. The fourth-order valence-corrected chi connectivity index (χ4v) is 1.22. The zero-order valence-electron chi connectivity index (χ0n) is 7.94.